The topological polar surface area (TPSA) is 0 Å². The van der Waals surface area contributed by atoms with E-state index < -0.39 is 0 Å². The van der Waals surface area contributed by atoms with Crippen LogP contribution in [0.25, 0.3) is 0 Å². The van der Waals surface area contributed by atoms with Gasteiger partial charge in [-0.2, -0.15) is 0 Å². The molecular weight excluding hydrogens is 163 g/mol. The number of hydrogen-bond acceptors (Lipinski definition) is 0. The average molecular weight is 173 g/mol. The summed E-state index contributed by atoms with van der Waals surface area (Å²) in [6.45, 7) is 2.20. The lowest BCUT2D eigenvalue weighted by Crippen LogP contribution is -1.75. The van der Waals surface area contributed by atoms with Crippen LogP contribution in [0.5, 0.6) is 0 Å². The van der Waals surface area contributed by atoms with Gasteiger partial charge in [-0.25, -0.2) is 0 Å². The first-order valence-electron chi connectivity index (χ1n) is 3.22. The first-order valence-corrected chi connectivity index (χ1v) is 5.30. The first-order chi connectivity index (χ1) is 4.83. The molecule has 0 heterocycles. The zero-order valence-corrected chi connectivity index (χ0v) is 7.65. The lowest BCUT2D eigenvalue weighted by molar-refractivity contribution is 1.41. The molecule has 10 heavy (non-hydrogen) atoms. The van der Waals surface area contributed by atoms with Crippen molar-refractivity contribution < 1.29 is 0 Å². The minimum atomic E-state index is 0.822. The van der Waals surface area contributed by atoms with E-state index in [4.69, 9.17) is 11.6 Å². The molecule has 0 spiro atoms. The summed E-state index contributed by atoms with van der Waals surface area (Å²) in [5, 5.41) is 0.822. The number of benzene rings is 1. The van der Waals surface area contributed by atoms with Crippen molar-refractivity contribution in [2.75, 3.05) is 6.66 Å². The lowest BCUT2D eigenvalue weighted by atomic mass is 10.2. The van der Waals surface area contributed by atoms with Gasteiger partial charge in [0.15, 0.2) is 0 Å². The molecule has 0 aliphatic rings. The zero-order valence-electron chi connectivity index (χ0n) is 5.89. The summed E-state index contributed by atoms with van der Waals surface area (Å²) in [7, 11) is 0.989. The maximum Gasteiger partial charge on any atom is 0.0406 e. The molecule has 1 rings (SSSR count). The van der Waals surface area contributed by atoms with Gasteiger partial charge in [0.05, 0.1) is 0 Å². The predicted octanol–water partition coefficient (Wildman–Crippen LogP) is 3.15. The number of halogens is 1. The highest BCUT2D eigenvalue weighted by Gasteiger charge is 1.89. The van der Waals surface area contributed by atoms with Gasteiger partial charge >= 0.3 is 0 Å². The van der Waals surface area contributed by atoms with Crippen LogP contribution in [0, 0.1) is 0 Å². The van der Waals surface area contributed by atoms with E-state index in [1.165, 1.54) is 11.7 Å². The normalized spacial score (nSPS) is 11.0. The van der Waals surface area contributed by atoms with Crippen LogP contribution >= 0.6 is 20.2 Å². The second kappa shape index (κ2) is 3.95. The van der Waals surface area contributed by atoms with Gasteiger partial charge in [0, 0.05) is 5.02 Å². The van der Waals surface area contributed by atoms with Gasteiger partial charge in [0.25, 0.3) is 0 Å². The molecule has 1 unspecified atom stereocenters. The molecule has 0 radical (unpaired) electrons. The Morgan fingerprint density at radius 1 is 1.30 bits per heavy atom. The van der Waals surface area contributed by atoms with Gasteiger partial charge in [0.1, 0.15) is 0 Å². The van der Waals surface area contributed by atoms with E-state index in [1.807, 2.05) is 12.1 Å². The fourth-order valence-electron chi connectivity index (χ4n) is 0.806. The standard InChI is InChI=1S/C8H10ClP/c1-10-6-7-2-4-8(9)5-3-7/h2-5,10H,6H2,1H3. The third-order valence-electron chi connectivity index (χ3n) is 1.29. The Morgan fingerprint density at radius 2 is 1.90 bits per heavy atom. The quantitative estimate of drug-likeness (QED) is 0.602. The SMILES string of the molecule is CPCc1ccc(Cl)cc1. The summed E-state index contributed by atoms with van der Waals surface area (Å²) >= 11 is 5.71. The minimum Gasteiger partial charge on any atom is -0.121 e. The number of hydrogen-bond donors (Lipinski definition) is 0. The van der Waals surface area contributed by atoms with Crippen molar-refractivity contribution in [1.29, 1.82) is 0 Å². The van der Waals surface area contributed by atoms with Crippen LogP contribution in [-0.4, -0.2) is 6.66 Å². The second-order valence-electron chi connectivity index (χ2n) is 2.16. The molecule has 1 aromatic carbocycles. The molecule has 0 amide bonds. The smallest absolute Gasteiger partial charge is 0.0406 e. The molecule has 0 saturated carbocycles. The molecule has 1 aromatic rings. The van der Waals surface area contributed by atoms with Crippen LogP contribution < -0.4 is 0 Å². The summed E-state index contributed by atoms with van der Waals surface area (Å²) in [6, 6.07) is 8.05. The summed E-state index contributed by atoms with van der Waals surface area (Å²) in [6.07, 6.45) is 1.18. The van der Waals surface area contributed by atoms with Gasteiger partial charge in [-0.3, -0.25) is 0 Å². The molecule has 0 N–H and O–H groups in total. The monoisotopic (exact) mass is 172 g/mol. The van der Waals surface area contributed by atoms with Crippen LogP contribution in [0.2, 0.25) is 5.02 Å². The molecule has 0 bridgehead atoms. The first kappa shape index (κ1) is 8.04. The van der Waals surface area contributed by atoms with Gasteiger partial charge in [-0.05, 0) is 30.5 Å². The minimum absolute atomic E-state index is 0.822. The Morgan fingerprint density at radius 3 is 2.40 bits per heavy atom. The highest BCUT2D eigenvalue weighted by Crippen LogP contribution is 2.16. The molecule has 1 atom stereocenters. The van der Waals surface area contributed by atoms with E-state index in [0.29, 0.717) is 0 Å². The molecule has 0 saturated heterocycles. The molecule has 0 aromatic heterocycles. The lowest BCUT2D eigenvalue weighted by Gasteiger charge is -1.96. The van der Waals surface area contributed by atoms with Crippen molar-refractivity contribution in [3.63, 3.8) is 0 Å². The van der Waals surface area contributed by atoms with Crippen LogP contribution in [0.3, 0.4) is 0 Å². The molecular formula is C8H10ClP. The van der Waals surface area contributed by atoms with E-state index in [2.05, 4.69) is 18.8 Å². The third kappa shape index (κ3) is 2.28. The Bertz CT molecular complexity index is 193. The fourth-order valence-corrected chi connectivity index (χ4v) is 1.58. The van der Waals surface area contributed by atoms with E-state index in [0.717, 1.165) is 13.6 Å². The molecule has 0 aliphatic carbocycles. The Hall–Kier alpha value is -0.0600. The molecule has 0 aliphatic heterocycles. The fraction of sp³-hybridized carbons (Fsp3) is 0.250. The van der Waals surface area contributed by atoms with Crippen molar-refractivity contribution in [2.24, 2.45) is 0 Å². The van der Waals surface area contributed by atoms with Crippen LogP contribution in [-0.2, 0) is 6.16 Å². The van der Waals surface area contributed by atoms with E-state index >= 15 is 0 Å². The molecule has 0 fully saturated rings. The van der Waals surface area contributed by atoms with Crippen LogP contribution in [0.4, 0.5) is 0 Å². The van der Waals surface area contributed by atoms with Gasteiger partial charge in [-0.15, -0.1) is 8.58 Å². The third-order valence-corrected chi connectivity index (χ3v) is 2.31. The Labute approximate surface area is 68.4 Å². The maximum absolute atomic E-state index is 5.71. The second-order valence-corrected chi connectivity index (χ2v) is 3.65. The van der Waals surface area contributed by atoms with Crippen molar-refractivity contribution >= 4 is 20.2 Å². The molecule has 54 valence electrons. The highest BCUT2D eigenvalue weighted by molar-refractivity contribution is 7.36. The molecule has 2 heteroatoms. The van der Waals surface area contributed by atoms with Crippen LogP contribution in [0.1, 0.15) is 5.56 Å². The van der Waals surface area contributed by atoms with Crippen molar-refractivity contribution in [3.8, 4) is 0 Å². The average Bonchev–Trinajstić information content (AvgIpc) is 1.95. The summed E-state index contributed by atoms with van der Waals surface area (Å²) in [5.74, 6) is 0. The summed E-state index contributed by atoms with van der Waals surface area (Å²) < 4.78 is 0. The predicted molar refractivity (Wildman–Crippen MR) is 49.4 cm³/mol. The van der Waals surface area contributed by atoms with Gasteiger partial charge in [-0.1, -0.05) is 23.7 Å². The highest BCUT2D eigenvalue weighted by atomic mass is 35.5. The van der Waals surface area contributed by atoms with Crippen molar-refractivity contribution in [3.05, 3.63) is 34.9 Å². The van der Waals surface area contributed by atoms with Crippen molar-refractivity contribution in [2.45, 2.75) is 6.16 Å². The summed E-state index contributed by atoms with van der Waals surface area (Å²) in [4.78, 5) is 0. The summed E-state index contributed by atoms with van der Waals surface area (Å²) in [5.41, 5.74) is 1.38. The van der Waals surface area contributed by atoms with E-state index in [-0.39, 0.29) is 0 Å². The van der Waals surface area contributed by atoms with Gasteiger partial charge in [0.2, 0.25) is 0 Å². The molecule has 0 nitrogen and oxygen atoms in total. The van der Waals surface area contributed by atoms with Crippen LogP contribution in [0.15, 0.2) is 24.3 Å². The van der Waals surface area contributed by atoms with E-state index in [1.54, 1.807) is 0 Å². The zero-order chi connectivity index (χ0) is 7.40. The van der Waals surface area contributed by atoms with Crippen molar-refractivity contribution in [1.82, 2.24) is 0 Å². The Kier molecular flexibility index (Phi) is 3.18. The Balaban J connectivity index is 2.69. The van der Waals surface area contributed by atoms with E-state index in [9.17, 15) is 0 Å². The largest absolute Gasteiger partial charge is 0.121 e. The van der Waals surface area contributed by atoms with Gasteiger partial charge < -0.3 is 0 Å². The number of rotatable bonds is 2. The maximum atomic E-state index is 5.71.